The van der Waals surface area contributed by atoms with Crippen molar-refractivity contribution in [3.05, 3.63) is 59.7 Å². The molecule has 2 aromatic carbocycles. The normalized spacial score (nSPS) is 14.0. The zero-order valence-corrected chi connectivity index (χ0v) is 18.6. The molecule has 1 heterocycles. The summed E-state index contributed by atoms with van der Waals surface area (Å²) < 4.78 is 5.33. The van der Waals surface area contributed by atoms with Crippen LogP contribution >= 0.6 is 0 Å². The van der Waals surface area contributed by atoms with E-state index >= 15 is 0 Å². The SMILES string of the molecule is COc1ccc(C(=O)N2CCN(C)CC2)cc1NC(=O)CCNC(=O)Cc1ccccc1. The standard InChI is InChI=1S/C24H30N4O4/c1-27-12-14-28(15-13-27)24(31)19-8-9-21(32-2)20(17-19)26-22(29)10-11-25-23(30)16-18-6-4-3-5-7-18/h3-9,17H,10-16H2,1-2H3,(H,25,30)(H,26,29). The second-order valence-corrected chi connectivity index (χ2v) is 7.82. The highest BCUT2D eigenvalue weighted by Gasteiger charge is 2.21. The number of rotatable bonds is 8. The van der Waals surface area contributed by atoms with Crippen molar-refractivity contribution in [1.82, 2.24) is 15.1 Å². The Hall–Kier alpha value is -3.39. The van der Waals surface area contributed by atoms with Gasteiger partial charge in [-0.2, -0.15) is 0 Å². The molecule has 32 heavy (non-hydrogen) atoms. The number of hydrogen-bond donors (Lipinski definition) is 2. The van der Waals surface area contributed by atoms with Gasteiger partial charge in [0.1, 0.15) is 5.75 Å². The molecular formula is C24H30N4O4. The first kappa shape index (κ1) is 23.3. The van der Waals surface area contributed by atoms with Gasteiger partial charge in [0.25, 0.3) is 5.91 Å². The molecule has 0 radical (unpaired) electrons. The number of methoxy groups -OCH3 is 1. The van der Waals surface area contributed by atoms with Crippen LogP contribution in [-0.4, -0.2) is 74.4 Å². The highest BCUT2D eigenvalue weighted by molar-refractivity contribution is 5.98. The van der Waals surface area contributed by atoms with Gasteiger partial charge >= 0.3 is 0 Å². The summed E-state index contributed by atoms with van der Waals surface area (Å²) in [4.78, 5) is 41.3. The summed E-state index contributed by atoms with van der Waals surface area (Å²) in [5.74, 6) is -0.000300. The molecule has 0 aromatic heterocycles. The van der Waals surface area contributed by atoms with E-state index in [4.69, 9.17) is 4.74 Å². The number of hydrogen-bond acceptors (Lipinski definition) is 5. The second kappa shape index (κ2) is 11.3. The first-order chi connectivity index (χ1) is 15.5. The molecule has 0 unspecified atom stereocenters. The summed E-state index contributed by atoms with van der Waals surface area (Å²) in [6, 6.07) is 14.5. The summed E-state index contributed by atoms with van der Waals surface area (Å²) in [6.07, 6.45) is 0.382. The smallest absolute Gasteiger partial charge is 0.254 e. The number of nitrogens with zero attached hydrogens (tertiary/aromatic N) is 2. The molecule has 0 saturated carbocycles. The van der Waals surface area contributed by atoms with Crippen molar-refractivity contribution in [3.63, 3.8) is 0 Å². The number of benzene rings is 2. The Morgan fingerprint density at radius 1 is 0.969 bits per heavy atom. The Morgan fingerprint density at radius 2 is 1.69 bits per heavy atom. The van der Waals surface area contributed by atoms with E-state index in [9.17, 15) is 14.4 Å². The van der Waals surface area contributed by atoms with E-state index in [0.29, 0.717) is 30.1 Å². The molecule has 170 valence electrons. The zero-order chi connectivity index (χ0) is 22.9. The highest BCUT2D eigenvalue weighted by atomic mass is 16.5. The maximum atomic E-state index is 12.8. The van der Waals surface area contributed by atoms with Crippen molar-refractivity contribution in [2.24, 2.45) is 0 Å². The van der Waals surface area contributed by atoms with Crippen LogP contribution in [0.5, 0.6) is 5.75 Å². The van der Waals surface area contributed by atoms with Crippen LogP contribution in [0.2, 0.25) is 0 Å². The van der Waals surface area contributed by atoms with Crippen molar-refractivity contribution >= 4 is 23.4 Å². The summed E-state index contributed by atoms with van der Waals surface area (Å²) >= 11 is 0. The van der Waals surface area contributed by atoms with Gasteiger partial charge in [0.2, 0.25) is 11.8 Å². The molecule has 1 fully saturated rings. The maximum absolute atomic E-state index is 12.8. The van der Waals surface area contributed by atoms with Crippen molar-refractivity contribution in [1.29, 1.82) is 0 Å². The summed E-state index contributed by atoms with van der Waals surface area (Å²) in [7, 11) is 3.55. The second-order valence-electron chi connectivity index (χ2n) is 7.82. The van der Waals surface area contributed by atoms with Crippen LogP contribution in [0.25, 0.3) is 0 Å². The third-order valence-electron chi connectivity index (χ3n) is 5.39. The van der Waals surface area contributed by atoms with E-state index in [0.717, 1.165) is 18.7 Å². The van der Waals surface area contributed by atoms with Crippen molar-refractivity contribution in [3.8, 4) is 5.75 Å². The van der Waals surface area contributed by atoms with Crippen molar-refractivity contribution in [2.45, 2.75) is 12.8 Å². The molecule has 1 saturated heterocycles. The fourth-order valence-electron chi connectivity index (χ4n) is 3.50. The Balaban J connectivity index is 1.53. The topological polar surface area (TPSA) is 91.0 Å². The number of nitrogens with one attached hydrogen (secondary N) is 2. The van der Waals surface area contributed by atoms with Gasteiger partial charge in [0.05, 0.1) is 19.2 Å². The molecule has 0 aliphatic carbocycles. The van der Waals surface area contributed by atoms with Gasteiger partial charge in [-0.3, -0.25) is 14.4 Å². The number of amides is 3. The molecule has 0 spiro atoms. The number of anilines is 1. The van der Waals surface area contributed by atoms with Crippen molar-refractivity contribution in [2.75, 3.05) is 52.2 Å². The summed E-state index contributed by atoms with van der Waals surface area (Å²) in [6.45, 7) is 3.24. The van der Waals surface area contributed by atoms with E-state index in [-0.39, 0.29) is 37.1 Å². The van der Waals surface area contributed by atoms with E-state index in [1.807, 2.05) is 42.3 Å². The quantitative estimate of drug-likeness (QED) is 0.656. The Kier molecular flexibility index (Phi) is 8.21. The first-order valence-electron chi connectivity index (χ1n) is 10.7. The van der Waals surface area contributed by atoms with Gasteiger partial charge in [-0.15, -0.1) is 0 Å². The lowest BCUT2D eigenvalue weighted by Crippen LogP contribution is -2.47. The monoisotopic (exact) mass is 438 g/mol. The highest BCUT2D eigenvalue weighted by Crippen LogP contribution is 2.26. The minimum atomic E-state index is -0.271. The first-order valence-corrected chi connectivity index (χ1v) is 10.7. The average molecular weight is 439 g/mol. The molecule has 1 aliphatic rings. The molecule has 2 aromatic rings. The van der Waals surface area contributed by atoms with E-state index in [1.54, 1.807) is 18.2 Å². The lowest BCUT2D eigenvalue weighted by molar-refractivity contribution is -0.120. The predicted molar refractivity (Wildman–Crippen MR) is 123 cm³/mol. The van der Waals surface area contributed by atoms with Gasteiger partial charge < -0.3 is 25.2 Å². The number of likely N-dealkylation sites (N-methyl/N-ethyl adjacent to an activating group) is 1. The molecule has 8 nitrogen and oxygen atoms in total. The van der Waals surface area contributed by atoms with Gasteiger partial charge in [-0.05, 0) is 30.8 Å². The predicted octanol–water partition coefficient (Wildman–Crippen LogP) is 1.77. The molecule has 1 aliphatic heterocycles. The number of piperazine rings is 1. The minimum absolute atomic E-state index is 0.0653. The van der Waals surface area contributed by atoms with E-state index in [1.165, 1.54) is 7.11 Å². The fraction of sp³-hybridized carbons (Fsp3) is 0.375. The third-order valence-corrected chi connectivity index (χ3v) is 5.39. The number of ether oxygens (including phenoxy) is 1. The fourth-order valence-corrected chi connectivity index (χ4v) is 3.50. The van der Waals surface area contributed by atoms with Crippen LogP contribution in [-0.2, 0) is 16.0 Å². The van der Waals surface area contributed by atoms with Crippen LogP contribution < -0.4 is 15.4 Å². The van der Waals surface area contributed by atoms with E-state index in [2.05, 4.69) is 15.5 Å². The molecule has 8 heteroatoms. The molecule has 0 bridgehead atoms. The Bertz CT molecular complexity index is 940. The Labute approximate surface area is 188 Å². The van der Waals surface area contributed by atoms with Gasteiger partial charge in [-0.1, -0.05) is 30.3 Å². The molecule has 0 atom stereocenters. The summed E-state index contributed by atoms with van der Waals surface area (Å²) in [5, 5.41) is 5.55. The largest absolute Gasteiger partial charge is 0.495 e. The Morgan fingerprint density at radius 3 is 2.38 bits per heavy atom. The van der Waals surface area contributed by atoms with E-state index < -0.39 is 0 Å². The molecular weight excluding hydrogens is 408 g/mol. The minimum Gasteiger partial charge on any atom is -0.495 e. The van der Waals surface area contributed by atoms with Crippen LogP contribution in [0.1, 0.15) is 22.3 Å². The van der Waals surface area contributed by atoms with Crippen molar-refractivity contribution < 1.29 is 19.1 Å². The maximum Gasteiger partial charge on any atom is 0.254 e. The van der Waals surface area contributed by atoms with Crippen LogP contribution in [0.3, 0.4) is 0 Å². The van der Waals surface area contributed by atoms with Crippen LogP contribution in [0.15, 0.2) is 48.5 Å². The van der Waals surface area contributed by atoms with Crippen LogP contribution in [0.4, 0.5) is 5.69 Å². The molecule has 3 rings (SSSR count). The lowest BCUT2D eigenvalue weighted by Gasteiger charge is -2.32. The lowest BCUT2D eigenvalue weighted by atomic mass is 10.1. The summed E-state index contributed by atoms with van der Waals surface area (Å²) in [5.41, 5.74) is 1.86. The average Bonchev–Trinajstić information content (AvgIpc) is 2.79. The number of carbonyl (C=O) groups is 3. The molecule has 2 N–H and O–H groups in total. The number of carbonyl (C=O) groups excluding carboxylic acids is 3. The zero-order valence-electron chi connectivity index (χ0n) is 18.6. The molecule has 3 amide bonds. The van der Waals surface area contributed by atoms with Gasteiger partial charge in [-0.25, -0.2) is 0 Å². The third kappa shape index (κ3) is 6.55. The van der Waals surface area contributed by atoms with Gasteiger partial charge in [0.15, 0.2) is 0 Å². The van der Waals surface area contributed by atoms with Gasteiger partial charge in [0, 0.05) is 44.7 Å². The van der Waals surface area contributed by atoms with Crippen LogP contribution in [0, 0.1) is 0 Å².